The van der Waals surface area contributed by atoms with E-state index in [9.17, 15) is 4.79 Å². The van der Waals surface area contributed by atoms with E-state index in [2.05, 4.69) is 4.99 Å². The maximum Gasteiger partial charge on any atom is 0.239 e. The van der Waals surface area contributed by atoms with E-state index in [1.807, 2.05) is 6.07 Å². The molecule has 4 heteroatoms. The first-order chi connectivity index (χ1) is 7.33. The molecule has 0 aliphatic carbocycles. The van der Waals surface area contributed by atoms with E-state index in [0.29, 0.717) is 11.5 Å². The molecule has 0 unspecified atom stereocenters. The van der Waals surface area contributed by atoms with Gasteiger partial charge in [-0.15, -0.1) is 0 Å². The molecule has 4 nitrogen and oxygen atoms in total. The third-order valence-corrected chi connectivity index (χ3v) is 1.83. The standard InChI is InChI=1S/C11H11NO3/c1-14-10-4-3-5-11(15-2)9(10)6-7-12-8-13/h3-7H,1-2H3. The van der Waals surface area contributed by atoms with Gasteiger partial charge in [0.25, 0.3) is 0 Å². The van der Waals surface area contributed by atoms with Gasteiger partial charge < -0.3 is 9.47 Å². The highest BCUT2D eigenvalue weighted by Crippen LogP contribution is 2.29. The average molecular weight is 205 g/mol. The number of benzene rings is 1. The van der Waals surface area contributed by atoms with E-state index < -0.39 is 0 Å². The molecule has 0 N–H and O–H groups in total. The molecule has 0 atom stereocenters. The largest absolute Gasteiger partial charge is 0.496 e. The Morgan fingerprint density at radius 3 is 2.33 bits per heavy atom. The molecule has 0 fully saturated rings. The third-order valence-electron chi connectivity index (χ3n) is 1.83. The molecule has 1 rings (SSSR count). The second kappa shape index (κ2) is 5.62. The van der Waals surface area contributed by atoms with Crippen molar-refractivity contribution in [1.82, 2.24) is 0 Å². The van der Waals surface area contributed by atoms with Gasteiger partial charge in [-0.1, -0.05) is 6.07 Å². The van der Waals surface area contributed by atoms with E-state index in [1.54, 1.807) is 32.4 Å². The van der Waals surface area contributed by atoms with Crippen LogP contribution < -0.4 is 9.47 Å². The molecule has 0 aliphatic heterocycles. The van der Waals surface area contributed by atoms with Crippen LogP contribution in [0.15, 0.2) is 29.4 Å². The average Bonchev–Trinajstić information content (AvgIpc) is 2.29. The summed E-state index contributed by atoms with van der Waals surface area (Å²) < 4.78 is 10.3. The minimum atomic E-state index is 0.659. The number of hydrogen-bond donors (Lipinski definition) is 0. The lowest BCUT2D eigenvalue weighted by Crippen LogP contribution is -1.91. The van der Waals surface area contributed by atoms with Crippen LogP contribution in [0.25, 0.3) is 6.08 Å². The van der Waals surface area contributed by atoms with Crippen LogP contribution in [0, 0.1) is 0 Å². The maximum absolute atomic E-state index is 9.90. The van der Waals surface area contributed by atoms with Gasteiger partial charge in [0.05, 0.1) is 19.8 Å². The molecule has 1 aromatic carbocycles. The summed E-state index contributed by atoms with van der Waals surface area (Å²) >= 11 is 0. The fourth-order valence-electron chi connectivity index (χ4n) is 1.19. The zero-order chi connectivity index (χ0) is 11.1. The Morgan fingerprint density at radius 1 is 1.27 bits per heavy atom. The Morgan fingerprint density at radius 2 is 1.87 bits per heavy atom. The van der Waals surface area contributed by atoms with E-state index >= 15 is 0 Å². The molecule has 1 aromatic rings. The molecule has 0 spiro atoms. The molecule has 0 heterocycles. The van der Waals surface area contributed by atoms with Gasteiger partial charge in [0.1, 0.15) is 11.5 Å². The van der Waals surface area contributed by atoms with E-state index in [1.165, 1.54) is 12.3 Å². The highest BCUT2D eigenvalue weighted by Gasteiger charge is 2.05. The van der Waals surface area contributed by atoms with Gasteiger partial charge in [0.2, 0.25) is 6.08 Å². The molecule has 0 saturated heterocycles. The van der Waals surface area contributed by atoms with Crippen LogP contribution in [-0.4, -0.2) is 20.3 Å². The molecule has 0 saturated carbocycles. The van der Waals surface area contributed by atoms with Crippen molar-refractivity contribution in [1.29, 1.82) is 0 Å². The van der Waals surface area contributed by atoms with Crippen LogP contribution in [0.1, 0.15) is 5.56 Å². The van der Waals surface area contributed by atoms with Gasteiger partial charge in [-0.3, -0.25) is 0 Å². The Kier molecular flexibility index (Phi) is 4.13. The van der Waals surface area contributed by atoms with Crippen LogP contribution in [0.5, 0.6) is 11.5 Å². The Balaban J connectivity index is 3.15. The van der Waals surface area contributed by atoms with Crippen LogP contribution >= 0.6 is 0 Å². The van der Waals surface area contributed by atoms with Crippen molar-refractivity contribution in [2.24, 2.45) is 4.99 Å². The smallest absolute Gasteiger partial charge is 0.239 e. The number of isocyanates is 1. The topological polar surface area (TPSA) is 47.9 Å². The zero-order valence-corrected chi connectivity index (χ0v) is 8.56. The lowest BCUT2D eigenvalue weighted by atomic mass is 10.1. The van der Waals surface area contributed by atoms with Gasteiger partial charge >= 0.3 is 0 Å². The summed E-state index contributed by atoms with van der Waals surface area (Å²) in [5.74, 6) is 1.32. The predicted molar refractivity (Wildman–Crippen MR) is 56.7 cm³/mol. The van der Waals surface area contributed by atoms with Crippen LogP contribution in [0.3, 0.4) is 0 Å². The zero-order valence-electron chi connectivity index (χ0n) is 8.56. The number of carbonyl (C=O) groups excluding carboxylic acids is 1. The van der Waals surface area contributed by atoms with Gasteiger partial charge in [-0.05, 0) is 18.2 Å². The molecular weight excluding hydrogens is 194 g/mol. The minimum Gasteiger partial charge on any atom is -0.496 e. The van der Waals surface area contributed by atoms with E-state index in [4.69, 9.17) is 9.47 Å². The summed E-state index contributed by atoms with van der Waals surface area (Å²) in [6.07, 6.45) is 4.39. The summed E-state index contributed by atoms with van der Waals surface area (Å²) in [5, 5.41) is 0. The number of nitrogens with zero attached hydrogens (tertiary/aromatic N) is 1. The third kappa shape index (κ3) is 2.69. The second-order valence-corrected chi connectivity index (χ2v) is 2.61. The number of aliphatic imine (C=N–C) groups is 1. The van der Waals surface area contributed by atoms with Crippen molar-refractivity contribution in [3.05, 3.63) is 30.0 Å². The highest BCUT2D eigenvalue weighted by molar-refractivity contribution is 5.64. The monoisotopic (exact) mass is 205 g/mol. The summed E-state index contributed by atoms with van der Waals surface area (Å²) in [6.45, 7) is 0. The van der Waals surface area contributed by atoms with E-state index in [-0.39, 0.29) is 0 Å². The van der Waals surface area contributed by atoms with Crippen molar-refractivity contribution in [2.45, 2.75) is 0 Å². The van der Waals surface area contributed by atoms with Gasteiger partial charge in [-0.25, -0.2) is 4.79 Å². The van der Waals surface area contributed by atoms with Crippen molar-refractivity contribution in [3.8, 4) is 11.5 Å². The molecule has 0 amide bonds. The molecule has 78 valence electrons. The van der Waals surface area contributed by atoms with Gasteiger partial charge in [0, 0.05) is 6.20 Å². The summed E-state index contributed by atoms with van der Waals surface area (Å²) in [4.78, 5) is 13.2. The molecule has 0 aliphatic rings. The summed E-state index contributed by atoms with van der Waals surface area (Å²) in [7, 11) is 3.13. The van der Waals surface area contributed by atoms with Crippen molar-refractivity contribution >= 4 is 12.2 Å². The van der Waals surface area contributed by atoms with Crippen LogP contribution in [0.4, 0.5) is 0 Å². The molecule has 0 aromatic heterocycles. The summed E-state index contributed by atoms with van der Waals surface area (Å²) in [6, 6.07) is 5.41. The molecule has 0 radical (unpaired) electrons. The van der Waals surface area contributed by atoms with Gasteiger partial charge in [-0.2, -0.15) is 4.99 Å². The highest BCUT2D eigenvalue weighted by atomic mass is 16.5. The SMILES string of the molecule is COc1cccc(OC)c1C=CN=C=O. The molecular formula is C11H11NO3. The van der Waals surface area contributed by atoms with Crippen LogP contribution in [0.2, 0.25) is 0 Å². The first kappa shape index (κ1) is 11.0. The van der Waals surface area contributed by atoms with Crippen molar-refractivity contribution in [3.63, 3.8) is 0 Å². The number of hydrogen-bond acceptors (Lipinski definition) is 4. The van der Waals surface area contributed by atoms with Gasteiger partial charge in [0.15, 0.2) is 0 Å². The fourth-order valence-corrected chi connectivity index (χ4v) is 1.19. The lowest BCUT2D eigenvalue weighted by molar-refractivity contribution is 0.392. The normalized spacial score (nSPS) is 9.73. The summed E-state index contributed by atoms with van der Waals surface area (Å²) in [5.41, 5.74) is 0.738. The first-order valence-corrected chi connectivity index (χ1v) is 4.28. The fraction of sp³-hybridized carbons (Fsp3) is 0.182. The number of methoxy groups -OCH3 is 2. The molecule has 0 bridgehead atoms. The Bertz CT molecular complexity index is 384. The predicted octanol–water partition coefficient (Wildman–Crippen LogP) is 2.01. The minimum absolute atomic E-state index is 0.659. The van der Waals surface area contributed by atoms with E-state index in [0.717, 1.165) is 5.56 Å². The van der Waals surface area contributed by atoms with Crippen molar-refractivity contribution in [2.75, 3.05) is 14.2 Å². The molecule has 15 heavy (non-hydrogen) atoms. The van der Waals surface area contributed by atoms with Crippen LogP contribution in [-0.2, 0) is 4.79 Å². The quantitative estimate of drug-likeness (QED) is 0.558. The Hall–Kier alpha value is -2.06. The number of ether oxygens (including phenoxy) is 2. The Labute approximate surface area is 87.9 Å². The maximum atomic E-state index is 9.90. The second-order valence-electron chi connectivity index (χ2n) is 2.61. The first-order valence-electron chi connectivity index (χ1n) is 4.28. The van der Waals surface area contributed by atoms with Crippen molar-refractivity contribution < 1.29 is 14.3 Å². The number of rotatable bonds is 4. The lowest BCUT2D eigenvalue weighted by Gasteiger charge is -2.08.